The number of nitrogens with zero attached hydrogens (tertiary/aromatic N) is 3. The lowest BCUT2D eigenvalue weighted by molar-refractivity contribution is -0.136. The summed E-state index contributed by atoms with van der Waals surface area (Å²) in [6.07, 6.45) is -3.41. The number of aromatic nitrogens is 3. The summed E-state index contributed by atoms with van der Waals surface area (Å²) in [5.41, 5.74) is 5.93. The van der Waals surface area contributed by atoms with E-state index in [1.807, 2.05) is 0 Å². The van der Waals surface area contributed by atoms with E-state index in [1.165, 1.54) is 7.11 Å². The van der Waals surface area contributed by atoms with Gasteiger partial charge in [-0.05, 0) is 30.3 Å². The zero-order chi connectivity index (χ0) is 18.5. The summed E-state index contributed by atoms with van der Waals surface area (Å²) >= 11 is 1.05. The number of methoxy groups -OCH3 is 1. The number of anilines is 1. The molecule has 0 aliphatic heterocycles. The van der Waals surface area contributed by atoms with Crippen molar-refractivity contribution in [2.45, 2.75) is 6.18 Å². The van der Waals surface area contributed by atoms with Gasteiger partial charge >= 0.3 is 6.18 Å². The van der Waals surface area contributed by atoms with Gasteiger partial charge in [-0.15, -0.1) is 11.3 Å². The van der Waals surface area contributed by atoms with Gasteiger partial charge in [0.05, 0.1) is 34.0 Å². The third-order valence-electron chi connectivity index (χ3n) is 3.94. The van der Waals surface area contributed by atoms with E-state index < -0.39 is 11.7 Å². The third-order valence-corrected chi connectivity index (χ3v) is 5.04. The van der Waals surface area contributed by atoms with Crippen molar-refractivity contribution in [1.82, 2.24) is 15.0 Å². The topological polar surface area (TPSA) is 73.9 Å². The van der Waals surface area contributed by atoms with Crippen LogP contribution in [0.3, 0.4) is 0 Å². The Morgan fingerprint density at radius 2 is 1.85 bits per heavy atom. The first-order valence-corrected chi connectivity index (χ1v) is 8.25. The van der Waals surface area contributed by atoms with Crippen molar-refractivity contribution in [2.75, 3.05) is 12.8 Å². The summed E-state index contributed by atoms with van der Waals surface area (Å²) in [6, 6.07) is 7.70. The second-order valence-electron chi connectivity index (χ2n) is 5.50. The van der Waals surface area contributed by atoms with E-state index in [1.54, 1.807) is 24.3 Å². The molecule has 0 bridgehead atoms. The van der Waals surface area contributed by atoms with Crippen molar-refractivity contribution in [3.63, 3.8) is 0 Å². The van der Waals surface area contributed by atoms with E-state index in [9.17, 15) is 13.2 Å². The first-order chi connectivity index (χ1) is 12.4. The monoisotopic (exact) mass is 376 g/mol. The number of benzene rings is 1. The molecule has 0 unspecified atom stereocenters. The molecule has 132 valence electrons. The fourth-order valence-corrected chi connectivity index (χ4v) is 3.78. The Balaban J connectivity index is 2.04. The highest BCUT2D eigenvalue weighted by Gasteiger charge is 2.35. The lowest BCUT2D eigenvalue weighted by Gasteiger charge is -2.11. The fourth-order valence-electron chi connectivity index (χ4n) is 2.72. The largest absolute Gasteiger partial charge is 0.497 e. The Morgan fingerprint density at radius 1 is 1.12 bits per heavy atom. The molecule has 0 spiro atoms. The predicted octanol–water partition coefficient (Wildman–Crippen LogP) is 4.52. The maximum atomic E-state index is 13.7. The maximum Gasteiger partial charge on any atom is 0.417 e. The summed E-state index contributed by atoms with van der Waals surface area (Å²) in [5, 5.41) is -0.0520. The van der Waals surface area contributed by atoms with Crippen LogP contribution in [0.4, 0.5) is 19.0 Å². The van der Waals surface area contributed by atoms with Gasteiger partial charge in [0.1, 0.15) is 22.7 Å². The lowest BCUT2D eigenvalue weighted by Crippen LogP contribution is -2.07. The van der Waals surface area contributed by atoms with Crippen LogP contribution >= 0.6 is 11.3 Å². The van der Waals surface area contributed by atoms with Gasteiger partial charge in [0, 0.05) is 5.56 Å². The fraction of sp³-hybridized carbons (Fsp3) is 0.118. The zero-order valence-corrected chi connectivity index (χ0v) is 14.1. The number of halogens is 3. The van der Waals surface area contributed by atoms with Crippen molar-refractivity contribution >= 4 is 37.6 Å². The molecule has 0 aliphatic carbocycles. The standard InChI is InChI=1S/C17H11F3N4OS/c1-25-9-4-2-8(3-5-9)11-6-10(17(18,19)20)12-13-14(26-16(12)24-11)15(21)23-7-22-13/h2-7H,1H3,(H2,21,22,23). The van der Waals surface area contributed by atoms with E-state index in [2.05, 4.69) is 15.0 Å². The number of hydrogen-bond donors (Lipinski definition) is 1. The van der Waals surface area contributed by atoms with Crippen LogP contribution in [0.1, 0.15) is 5.56 Å². The summed E-state index contributed by atoms with van der Waals surface area (Å²) in [7, 11) is 1.52. The molecule has 4 aromatic rings. The molecule has 0 fully saturated rings. The summed E-state index contributed by atoms with van der Waals surface area (Å²) in [4.78, 5) is 12.5. The molecular weight excluding hydrogens is 365 g/mol. The normalized spacial score (nSPS) is 12.0. The highest BCUT2D eigenvalue weighted by molar-refractivity contribution is 7.26. The Hall–Kier alpha value is -2.94. The van der Waals surface area contributed by atoms with Crippen molar-refractivity contribution in [3.05, 3.63) is 42.2 Å². The van der Waals surface area contributed by atoms with Gasteiger partial charge in [-0.2, -0.15) is 13.2 Å². The molecular formula is C17H11F3N4OS. The molecule has 2 N–H and O–H groups in total. The van der Waals surface area contributed by atoms with Crippen LogP contribution in [0, 0.1) is 0 Å². The van der Waals surface area contributed by atoms with Gasteiger partial charge in [-0.25, -0.2) is 15.0 Å². The van der Waals surface area contributed by atoms with Crippen LogP contribution < -0.4 is 10.5 Å². The van der Waals surface area contributed by atoms with Crippen LogP contribution in [0.15, 0.2) is 36.7 Å². The van der Waals surface area contributed by atoms with Gasteiger partial charge in [0.25, 0.3) is 0 Å². The molecule has 0 aliphatic rings. The van der Waals surface area contributed by atoms with Crippen LogP contribution in [-0.2, 0) is 6.18 Å². The number of hydrogen-bond acceptors (Lipinski definition) is 6. The molecule has 5 nitrogen and oxygen atoms in total. The van der Waals surface area contributed by atoms with Gasteiger partial charge in [0.15, 0.2) is 0 Å². The van der Waals surface area contributed by atoms with Crippen molar-refractivity contribution in [1.29, 1.82) is 0 Å². The number of alkyl halides is 3. The minimum Gasteiger partial charge on any atom is -0.497 e. The van der Waals surface area contributed by atoms with Gasteiger partial charge < -0.3 is 10.5 Å². The lowest BCUT2D eigenvalue weighted by atomic mass is 10.1. The van der Waals surface area contributed by atoms with Crippen LogP contribution in [-0.4, -0.2) is 22.1 Å². The Kier molecular flexibility index (Phi) is 3.69. The molecule has 0 atom stereocenters. The first kappa shape index (κ1) is 16.5. The number of nitrogens with two attached hydrogens (primary N) is 1. The average molecular weight is 376 g/mol. The SMILES string of the molecule is COc1ccc(-c2cc(C(F)(F)F)c3c(n2)sc2c(N)ncnc23)cc1. The molecule has 3 aromatic heterocycles. The average Bonchev–Trinajstić information content (AvgIpc) is 3.00. The minimum atomic E-state index is -4.56. The Labute approximate surface area is 149 Å². The molecule has 26 heavy (non-hydrogen) atoms. The number of ether oxygens (including phenoxy) is 1. The highest BCUT2D eigenvalue weighted by atomic mass is 32.1. The van der Waals surface area contributed by atoms with Gasteiger partial charge in [0.2, 0.25) is 0 Å². The van der Waals surface area contributed by atoms with E-state index in [4.69, 9.17) is 10.5 Å². The summed E-state index contributed by atoms with van der Waals surface area (Å²) in [6.45, 7) is 0. The second-order valence-corrected chi connectivity index (χ2v) is 6.50. The maximum absolute atomic E-state index is 13.7. The van der Waals surface area contributed by atoms with Crippen LogP contribution in [0.25, 0.3) is 31.7 Å². The molecule has 0 radical (unpaired) electrons. The molecule has 0 amide bonds. The predicted molar refractivity (Wildman–Crippen MR) is 94.1 cm³/mol. The number of pyridine rings is 1. The smallest absolute Gasteiger partial charge is 0.417 e. The van der Waals surface area contributed by atoms with Crippen LogP contribution in [0.5, 0.6) is 5.75 Å². The third kappa shape index (κ3) is 2.60. The summed E-state index contributed by atoms with van der Waals surface area (Å²) < 4.78 is 46.6. The van der Waals surface area contributed by atoms with Crippen LogP contribution in [0.2, 0.25) is 0 Å². The molecule has 1 aromatic carbocycles. The van der Waals surface area contributed by atoms with E-state index in [0.29, 0.717) is 16.0 Å². The Morgan fingerprint density at radius 3 is 2.50 bits per heavy atom. The van der Waals surface area contributed by atoms with Gasteiger partial charge in [-0.3, -0.25) is 0 Å². The number of thiophene rings is 1. The van der Waals surface area contributed by atoms with Crippen molar-refractivity contribution in [3.8, 4) is 17.0 Å². The first-order valence-electron chi connectivity index (χ1n) is 7.44. The van der Waals surface area contributed by atoms with E-state index in [-0.39, 0.29) is 27.2 Å². The van der Waals surface area contributed by atoms with Gasteiger partial charge in [-0.1, -0.05) is 0 Å². The molecule has 0 saturated heterocycles. The van der Waals surface area contributed by atoms with E-state index in [0.717, 1.165) is 23.7 Å². The number of fused-ring (bicyclic) bond motifs is 3. The zero-order valence-electron chi connectivity index (χ0n) is 13.3. The van der Waals surface area contributed by atoms with E-state index >= 15 is 0 Å². The summed E-state index contributed by atoms with van der Waals surface area (Å²) in [5.74, 6) is 0.743. The molecule has 4 rings (SSSR count). The molecule has 3 heterocycles. The minimum absolute atomic E-state index is 0.0520. The highest BCUT2D eigenvalue weighted by Crippen LogP contribution is 2.43. The quantitative estimate of drug-likeness (QED) is 0.557. The second kappa shape index (κ2) is 5.80. The van der Waals surface area contributed by atoms with Crippen molar-refractivity contribution in [2.24, 2.45) is 0 Å². The number of nitrogen functional groups attached to an aromatic ring is 1. The molecule has 0 saturated carbocycles. The molecule has 9 heteroatoms. The van der Waals surface area contributed by atoms with Crippen molar-refractivity contribution < 1.29 is 17.9 Å². The number of rotatable bonds is 2. The Bertz CT molecular complexity index is 1120.